The normalized spacial score (nSPS) is 22.0. The van der Waals surface area contributed by atoms with Crippen molar-refractivity contribution in [2.45, 2.75) is 43.9 Å². The summed E-state index contributed by atoms with van der Waals surface area (Å²) in [5.41, 5.74) is 0. The van der Waals surface area contributed by atoms with E-state index < -0.39 is 10.0 Å². The van der Waals surface area contributed by atoms with Crippen LogP contribution in [0.3, 0.4) is 0 Å². The minimum atomic E-state index is -3.14. The molecule has 1 aliphatic heterocycles. The number of nitrogens with one attached hydrogen (secondary N) is 1. The molecule has 1 aromatic rings. The Labute approximate surface area is 131 Å². The van der Waals surface area contributed by atoms with Gasteiger partial charge in [0, 0.05) is 31.5 Å². The van der Waals surface area contributed by atoms with E-state index in [2.05, 4.69) is 14.7 Å². The third-order valence-electron chi connectivity index (χ3n) is 3.87. The van der Waals surface area contributed by atoms with Crippen LogP contribution < -0.4 is 14.4 Å². The molecule has 3 rings (SSSR count). The van der Waals surface area contributed by atoms with Crippen LogP contribution in [-0.4, -0.2) is 49.4 Å². The molecule has 2 heterocycles. The average Bonchev–Trinajstić information content (AvgIpc) is 3.28. The Balaban J connectivity index is 1.65. The molecule has 7 nitrogen and oxygen atoms in total. The molecule has 8 heteroatoms. The molecule has 1 aliphatic carbocycles. The van der Waals surface area contributed by atoms with Crippen LogP contribution in [0.4, 0.5) is 5.82 Å². The Bertz CT molecular complexity index is 618. The van der Waals surface area contributed by atoms with Gasteiger partial charge in [0.1, 0.15) is 0 Å². The van der Waals surface area contributed by atoms with Crippen molar-refractivity contribution >= 4 is 15.8 Å². The van der Waals surface area contributed by atoms with Gasteiger partial charge in [-0.3, -0.25) is 0 Å². The first kappa shape index (κ1) is 15.5. The molecule has 122 valence electrons. The van der Waals surface area contributed by atoms with Gasteiger partial charge in [-0.1, -0.05) is 6.92 Å². The lowest BCUT2D eigenvalue weighted by molar-refractivity contribution is 0.304. The summed E-state index contributed by atoms with van der Waals surface area (Å²) in [7, 11) is -3.14. The summed E-state index contributed by atoms with van der Waals surface area (Å²) >= 11 is 0. The molecule has 0 aromatic carbocycles. The van der Waals surface area contributed by atoms with Gasteiger partial charge in [0.05, 0.1) is 11.9 Å². The van der Waals surface area contributed by atoms with Gasteiger partial charge >= 0.3 is 0 Å². The second kappa shape index (κ2) is 6.37. The highest BCUT2D eigenvalue weighted by atomic mass is 32.2. The van der Waals surface area contributed by atoms with Crippen molar-refractivity contribution in [1.82, 2.24) is 14.7 Å². The van der Waals surface area contributed by atoms with Crippen molar-refractivity contribution in [2.75, 3.05) is 24.6 Å². The summed E-state index contributed by atoms with van der Waals surface area (Å²) in [4.78, 5) is 10.6. The van der Waals surface area contributed by atoms with E-state index in [9.17, 15) is 8.42 Å². The van der Waals surface area contributed by atoms with E-state index in [-0.39, 0.29) is 11.3 Å². The quantitative estimate of drug-likeness (QED) is 0.802. The van der Waals surface area contributed by atoms with Gasteiger partial charge < -0.3 is 9.64 Å². The van der Waals surface area contributed by atoms with E-state index in [4.69, 9.17) is 4.74 Å². The van der Waals surface area contributed by atoms with E-state index in [0.717, 1.165) is 32.2 Å². The number of rotatable bonds is 7. The average molecular weight is 326 g/mol. The molecule has 1 N–H and O–H groups in total. The zero-order valence-electron chi connectivity index (χ0n) is 12.7. The summed E-state index contributed by atoms with van der Waals surface area (Å²) in [5, 5.41) is -0.179. The maximum Gasteiger partial charge on any atom is 0.257 e. The number of ether oxygens (including phenoxy) is 1. The Morgan fingerprint density at radius 2 is 2.09 bits per heavy atom. The second-order valence-corrected chi connectivity index (χ2v) is 7.82. The lowest BCUT2D eigenvalue weighted by atomic mass is 10.3. The van der Waals surface area contributed by atoms with Gasteiger partial charge in [0.15, 0.2) is 5.82 Å². The molecule has 1 saturated heterocycles. The summed E-state index contributed by atoms with van der Waals surface area (Å²) in [6.07, 6.45) is 6.49. The first-order chi connectivity index (χ1) is 10.6. The predicted molar refractivity (Wildman–Crippen MR) is 83.5 cm³/mol. The molecule has 2 fully saturated rings. The monoisotopic (exact) mass is 326 g/mol. The zero-order chi connectivity index (χ0) is 15.6. The molecule has 0 unspecified atom stereocenters. The Hall–Kier alpha value is -1.41. The first-order valence-corrected chi connectivity index (χ1v) is 9.34. The van der Waals surface area contributed by atoms with Crippen molar-refractivity contribution in [2.24, 2.45) is 0 Å². The van der Waals surface area contributed by atoms with Gasteiger partial charge in [-0.25, -0.2) is 23.1 Å². The van der Waals surface area contributed by atoms with E-state index >= 15 is 0 Å². The first-order valence-electron chi connectivity index (χ1n) is 7.80. The van der Waals surface area contributed by atoms with Gasteiger partial charge in [0.25, 0.3) is 5.88 Å². The molecular weight excluding hydrogens is 304 g/mol. The maximum atomic E-state index is 12.0. The van der Waals surface area contributed by atoms with Crippen LogP contribution in [0.2, 0.25) is 0 Å². The van der Waals surface area contributed by atoms with E-state index in [0.29, 0.717) is 24.8 Å². The molecule has 0 spiro atoms. The van der Waals surface area contributed by atoms with Crippen LogP contribution in [0, 0.1) is 0 Å². The highest BCUT2D eigenvalue weighted by Gasteiger charge is 2.38. The third kappa shape index (κ3) is 3.49. The Kier molecular flexibility index (Phi) is 4.49. The minimum Gasteiger partial charge on any atom is -0.475 e. The summed E-state index contributed by atoms with van der Waals surface area (Å²) < 4.78 is 32.5. The van der Waals surface area contributed by atoms with Crippen LogP contribution >= 0.6 is 0 Å². The third-order valence-corrected chi connectivity index (χ3v) is 5.88. The predicted octanol–water partition coefficient (Wildman–Crippen LogP) is 0.926. The fraction of sp³-hybridized carbons (Fsp3) is 0.714. The van der Waals surface area contributed by atoms with E-state index in [1.54, 1.807) is 12.4 Å². The molecule has 0 radical (unpaired) electrons. The van der Waals surface area contributed by atoms with Crippen LogP contribution in [0.15, 0.2) is 12.4 Å². The van der Waals surface area contributed by atoms with E-state index in [1.807, 2.05) is 11.8 Å². The van der Waals surface area contributed by atoms with Gasteiger partial charge in [-0.15, -0.1) is 0 Å². The summed E-state index contributed by atoms with van der Waals surface area (Å²) in [6, 6.07) is -0.0633. The van der Waals surface area contributed by atoms with Crippen LogP contribution in [0.5, 0.6) is 5.88 Å². The number of nitrogens with zero attached hydrogens (tertiary/aromatic N) is 3. The molecular formula is C14H22N4O3S. The van der Waals surface area contributed by atoms with Crippen LogP contribution in [0.1, 0.15) is 32.6 Å². The molecule has 0 amide bonds. The molecule has 1 aromatic heterocycles. The van der Waals surface area contributed by atoms with Crippen molar-refractivity contribution in [1.29, 1.82) is 0 Å². The lowest BCUT2D eigenvalue weighted by Gasteiger charge is -2.19. The maximum absolute atomic E-state index is 12.0. The molecule has 2 aliphatic rings. The highest BCUT2D eigenvalue weighted by molar-refractivity contribution is 7.90. The van der Waals surface area contributed by atoms with Gasteiger partial charge in [-0.2, -0.15) is 0 Å². The van der Waals surface area contributed by atoms with Crippen molar-refractivity contribution < 1.29 is 13.2 Å². The zero-order valence-corrected chi connectivity index (χ0v) is 13.6. The van der Waals surface area contributed by atoms with E-state index in [1.165, 1.54) is 0 Å². The number of hydrogen-bond donors (Lipinski definition) is 1. The highest BCUT2D eigenvalue weighted by Crippen LogP contribution is 2.30. The Morgan fingerprint density at radius 3 is 2.82 bits per heavy atom. The smallest absolute Gasteiger partial charge is 0.257 e. The Morgan fingerprint density at radius 1 is 1.32 bits per heavy atom. The SMILES string of the molecule is CCCOc1nccnc1N1CC[C@@H](NS(=O)(=O)C2CC2)C1. The summed E-state index contributed by atoms with van der Waals surface area (Å²) in [6.45, 7) is 3.98. The second-order valence-electron chi connectivity index (χ2n) is 5.83. The molecule has 0 bridgehead atoms. The largest absolute Gasteiger partial charge is 0.475 e. The fourth-order valence-electron chi connectivity index (χ4n) is 2.59. The van der Waals surface area contributed by atoms with Gasteiger partial charge in [0.2, 0.25) is 10.0 Å². The summed E-state index contributed by atoms with van der Waals surface area (Å²) in [5.74, 6) is 1.22. The minimum absolute atomic E-state index is 0.0633. The molecule has 1 atom stereocenters. The fourth-order valence-corrected chi connectivity index (χ4v) is 4.20. The molecule has 22 heavy (non-hydrogen) atoms. The van der Waals surface area contributed by atoms with Crippen LogP contribution in [0.25, 0.3) is 0 Å². The lowest BCUT2D eigenvalue weighted by Crippen LogP contribution is -2.39. The van der Waals surface area contributed by atoms with Crippen molar-refractivity contribution in [3.05, 3.63) is 12.4 Å². The standard InChI is InChI=1S/C14H22N4O3S/c1-2-9-21-14-13(15-6-7-16-14)18-8-5-11(10-18)17-22(19,20)12-3-4-12/h6-7,11-12,17H,2-5,8-10H2,1H3/t11-/m1/s1. The van der Waals surface area contributed by atoms with Crippen molar-refractivity contribution in [3.63, 3.8) is 0 Å². The number of sulfonamides is 1. The van der Waals surface area contributed by atoms with Crippen LogP contribution in [-0.2, 0) is 10.0 Å². The molecule has 1 saturated carbocycles. The van der Waals surface area contributed by atoms with Crippen molar-refractivity contribution in [3.8, 4) is 5.88 Å². The topological polar surface area (TPSA) is 84.4 Å². The number of aromatic nitrogens is 2. The van der Waals surface area contributed by atoms with Gasteiger partial charge in [-0.05, 0) is 25.7 Å². The number of anilines is 1. The number of hydrogen-bond acceptors (Lipinski definition) is 6.